The lowest BCUT2D eigenvalue weighted by Gasteiger charge is -2.35. The van der Waals surface area contributed by atoms with Gasteiger partial charge in [-0.15, -0.1) is 0 Å². The van der Waals surface area contributed by atoms with Crippen molar-refractivity contribution < 1.29 is 0 Å². The Hall–Kier alpha value is -3.71. The van der Waals surface area contributed by atoms with Crippen LogP contribution in [-0.2, 0) is 0 Å². The molecule has 7 nitrogen and oxygen atoms in total. The molecule has 1 aliphatic heterocycles. The van der Waals surface area contributed by atoms with E-state index in [0.717, 1.165) is 59.6 Å². The second-order valence-corrected chi connectivity index (χ2v) is 8.81. The third-order valence-corrected chi connectivity index (χ3v) is 6.48. The van der Waals surface area contributed by atoms with Crippen LogP contribution in [-0.4, -0.2) is 53.1 Å². The van der Waals surface area contributed by atoms with Crippen molar-refractivity contribution in [2.45, 2.75) is 13.8 Å². The number of anilines is 2. The van der Waals surface area contributed by atoms with Gasteiger partial charge in [-0.25, -0.2) is 4.98 Å². The van der Waals surface area contributed by atoms with Crippen molar-refractivity contribution >= 4 is 22.3 Å². The highest BCUT2D eigenvalue weighted by Crippen LogP contribution is 2.33. The Balaban J connectivity index is 1.54. The Bertz CT molecular complexity index is 1380. The molecular weight excluding hydrogens is 412 g/mol. The molecule has 7 heteroatoms. The van der Waals surface area contributed by atoms with E-state index in [2.05, 4.69) is 46.7 Å². The highest BCUT2D eigenvalue weighted by Gasteiger charge is 2.19. The number of hydrogen-bond acceptors (Lipinski definition) is 6. The standard InChI is InChI=1S/C26H28N6O/c1-16-12-23(30-17(2)24(16)32-10-8-31(3)9-11-32)20-14-22(25(27)29-15-20)18-4-5-21-19(13-18)6-7-28-26(21)33/h4-7,12-15H,8-11H2,1-3H3,(H2,27,29)(H,28,33). The van der Waals surface area contributed by atoms with Gasteiger partial charge in [-0.1, -0.05) is 6.07 Å². The van der Waals surface area contributed by atoms with Gasteiger partial charge in [0.15, 0.2) is 0 Å². The summed E-state index contributed by atoms with van der Waals surface area (Å²) in [4.78, 5) is 29.0. The fourth-order valence-corrected chi connectivity index (χ4v) is 4.69. The Morgan fingerprint density at radius 1 is 1.00 bits per heavy atom. The first-order valence-corrected chi connectivity index (χ1v) is 11.2. The fourth-order valence-electron chi connectivity index (χ4n) is 4.69. The molecule has 0 atom stereocenters. The number of nitrogens with one attached hydrogen (secondary N) is 1. The zero-order valence-electron chi connectivity index (χ0n) is 19.2. The van der Waals surface area contributed by atoms with Gasteiger partial charge in [0.2, 0.25) is 0 Å². The van der Waals surface area contributed by atoms with Crippen LogP contribution in [0.5, 0.6) is 0 Å². The summed E-state index contributed by atoms with van der Waals surface area (Å²) >= 11 is 0. The van der Waals surface area contributed by atoms with E-state index in [4.69, 9.17) is 10.7 Å². The number of nitrogen functional groups attached to an aromatic ring is 1. The highest BCUT2D eigenvalue weighted by molar-refractivity contribution is 5.89. The summed E-state index contributed by atoms with van der Waals surface area (Å²) in [5.41, 5.74) is 13.2. The van der Waals surface area contributed by atoms with Gasteiger partial charge in [-0.2, -0.15) is 0 Å². The number of nitrogens with two attached hydrogens (primary N) is 1. The molecule has 0 saturated carbocycles. The van der Waals surface area contributed by atoms with Crippen LogP contribution in [0.1, 0.15) is 11.3 Å². The van der Waals surface area contributed by atoms with Crippen molar-refractivity contribution in [3.05, 3.63) is 70.4 Å². The van der Waals surface area contributed by atoms with E-state index in [0.29, 0.717) is 11.2 Å². The number of rotatable bonds is 3. The molecule has 4 aromatic rings. The number of likely N-dealkylation sites (N-methyl/N-ethyl adjacent to an activating group) is 1. The number of aromatic amines is 1. The lowest BCUT2D eigenvalue weighted by atomic mass is 10.00. The first-order chi connectivity index (χ1) is 15.9. The van der Waals surface area contributed by atoms with Gasteiger partial charge >= 0.3 is 0 Å². The highest BCUT2D eigenvalue weighted by atomic mass is 16.1. The minimum Gasteiger partial charge on any atom is -0.383 e. The van der Waals surface area contributed by atoms with Gasteiger partial charge in [-0.05, 0) is 67.7 Å². The monoisotopic (exact) mass is 440 g/mol. The summed E-state index contributed by atoms with van der Waals surface area (Å²) in [6, 6.07) is 11.8. The van der Waals surface area contributed by atoms with Crippen LogP contribution < -0.4 is 16.2 Å². The molecule has 33 heavy (non-hydrogen) atoms. The number of piperazine rings is 1. The van der Waals surface area contributed by atoms with Crippen molar-refractivity contribution in [3.8, 4) is 22.4 Å². The van der Waals surface area contributed by atoms with Gasteiger partial charge in [0.05, 0.1) is 17.1 Å². The second-order valence-electron chi connectivity index (χ2n) is 8.81. The molecule has 3 N–H and O–H groups in total. The quantitative estimate of drug-likeness (QED) is 0.506. The lowest BCUT2D eigenvalue weighted by molar-refractivity contribution is 0.312. The molecule has 1 fully saturated rings. The van der Waals surface area contributed by atoms with Gasteiger partial charge < -0.3 is 20.5 Å². The number of fused-ring (bicyclic) bond motifs is 1. The molecule has 0 spiro atoms. The van der Waals surface area contributed by atoms with Crippen LogP contribution >= 0.6 is 0 Å². The summed E-state index contributed by atoms with van der Waals surface area (Å²) in [6.45, 7) is 8.37. The summed E-state index contributed by atoms with van der Waals surface area (Å²) in [6.07, 6.45) is 3.44. The van der Waals surface area contributed by atoms with Crippen LogP contribution in [0.3, 0.4) is 0 Å². The van der Waals surface area contributed by atoms with Crippen molar-refractivity contribution in [1.29, 1.82) is 0 Å². The minimum absolute atomic E-state index is 0.102. The lowest BCUT2D eigenvalue weighted by Crippen LogP contribution is -2.45. The van der Waals surface area contributed by atoms with Gasteiger partial charge in [0.25, 0.3) is 5.56 Å². The predicted molar refractivity (Wildman–Crippen MR) is 135 cm³/mol. The number of pyridine rings is 3. The number of hydrogen-bond donors (Lipinski definition) is 2. The van der Waals surface area contributed by atoms with E-state index in [-0.39, 0.29) is 5.56 Å². The van der Waals surface area contributed by atoms with E-state index < -0.39 is 0 Å². The molecule has 1 aliphatic rings. The zero-order valence-corrected chi connectivity index (χ0v) is 19.2. The van der Waals surface area contributed by atoms with Crippen LogP contribution in [0.2, 0.25) is 0 Å². The van der Waals surface area contributed by atoms with E-state index >= 15 is 0 Å². The summed E-state index contributed by atoms with van der Waals surface area (Å²) in [5, 5.41) is 1.51. The van der Waals surface area contributed by atoms with Crippen molar-refractivity contribution in [3.63, 3.8) is 0 Å². The number of aromatic nitrogens is 3. The van der Waals surface area contributed by atoms with Gasteiger partial charge in [0, 0.05) is 55.1 Å². The van der Waals surface area contributed by atoms with E-state index in [1.807, 2.05) is 30.3 Å². The molecule has 0 radical (unpaired) electrons. The molecular formula is C26H28N6O. The fraction of sp³-hybridized carbons (Fsp3) is 0.269. The van der Waals surface area contributed by atoms with E-state index in [9.17, 15) is 4.79 Å². The molecule has 0 unspecified atom stereocenters. The molecule has 168 valence electrons. The largest absolute Gasteiger partial charge is 0.383 e. The Morgan fingerprint density at radius 3 is 2.55 bits per heavy atom. The maximum absolute atomic E-state index is 12.0. The van der Waals surface area contributed by atoms with Crippen molar-refractivity contribution in [2.24, 2.45) is 0 Å². The Morgan fingerprint density at radius 2 is 1.79 bits per heavy atom. The molecule has 1 aromatic carbocycles. The maximum atomic E-state index is 12.0. The molecule has 0 bridgehead atoms. The topological polar surface area (TPSA) is 91.1 Å². The van der Waals surface area contributed by atoms with Crippen molar-refractivity contribution in [1.82, 2.24) is 19.9 Å². The van der Waals surface area contributed by atoms with Gasteiger partial charge in [0.1, 0.15) is 5.82 Å². The van der Waals surface area contributed by atoms with Crippen LogP contribution in [0.25, 0.3) is 33.2 Å². The maximum Gasteiger partial charge on any atom is 0.255 e. The van der Waals surface area contributed by atoms with Crippen molar-refractivity contribution in [2.75, 3.05) is 43.9 Å². The zero-order chi connectivity index (χ0) is 23.1. The molecule has 3 aromatic heterocycles. The molecule has 0 amide bonds. The first-order valence-electron chi connectivity index (χ1n) is 11.2. The Kier molecular flexibility index (Phi) is 5.34. The second kappa shape index (κ2) is 8.33. The molecule has 4 heterocycles. The van der Waals surface area contributed by atoms with Crippen LogP contribution in [0.15, 0.2) is 53.6 Å². The smallest absolute Gasteiger partial charge is 0.255 e. The summed E-state index contributed by atoms with van der Waals surface area (Å²) in [7, 11) is 2.16. The Labute approximate surface area is 192 Å². The normalized spacial score (nSPS) is 14.7. The van der Waals surface area contributed by atoms with E-state index in [1.54, 1.807) is 12.4 Å². The number of aryl methyl sites for hydroxylation is 2. The molecule has 5 rings (SSSR count). The number of H-pyrrole nitrogens is 1. The summed E-state index contributed by atoms with van der Waals surface area (Å²) in [5.74, 6) is 0.449. The summed E-state index contributed by atoms with van der Waals surface area (Å²) < 4.78 is 0. The van der Waals surface area contributed by atoms with Gasteiger partial charge in [-0.3, -0.25) is 9.78 Å². The average Bonchev–Trinajstić information content (AvgIpc) is 2.80. The minimum atomic E-state index is -0.102. The van der Waals surface area contributed by atoms with E-state index in [1.165, 1.54) is 11.3 Å². The van der Waals surface area contributed by atoms with Crippen LogP contribution in [0, 0.1) is 13.8 Å². The van der Waals surface area contributed by atoms with Crippen LogP contribution in [0.4, 0.5) is 11.5 Å². The third-order valence-electron chi connectivity index (χ3n) is 6.48. The first kappa shape index (κ1) is 21.2. The third kappa shape index (κ3) is 3.96. The predicted octanol–water partition coefficient (Wildman–Crippen LogP) is 3.60. The number of nitrogens with zero attached hydrogens (tertiary/aromatic N) is 4. The number of benzene rings is 1. The average molecular weight is 441 g/mol. The molecule has 1 saturated heterocycles. The molecule has 0 aliphatic carbocycles. The SMILES string of the molecule is Cc1cc(-c2cnc(N)c(-c3ccc4c(=O)[nH]ccc4c3)c2)nc(C)c1N1CCN(C)CC1.